The standard InChI is InChI=1S/C8H8FNO4/c9-7-2-1-5(10(13)14)3-6(7)8(12)4-11/h1-3,8,11-12H,4H2. The van der Waals surface area contributed by atoms with E-state index in [2.05, 4.69) is 0 Å². The molecule has 2 N–H and O–H groups in total. The van der Waals surface area contributed by atoms with Gasteiger partial charge in [-0.3, -0.25) is 10.1 Å². The third kappa shape index (κ3) is 2.04. The second-order valence-electron chi connectivity index (χ2n) is 2.66. The number of rotatable bonds is 3. The molecule has 1 aromatic rings. The highest BCUT2D eigenvalue weighted by molar-refractivity contribution is 5.36. The Balaban J connectivity index is 3.14. The predicted molar refractivity (Wildman–Crippen MR) is 45.1 cm³/mol. The summed E-state index contributed by atoms with van der Waals surface area (Å²) in [6, 6.07) is 2.77. The number of non-ortho nitro benzene ring substituents is 1. The van der Waals surface area contributed by atoms with Crippen LogP contribution < -0.4 is 0 Å². The average Bonchev–Trinajstić information content (AvgIpc) is 2.17. The van der Waals surface area contributed by atoms with E-state index in [-0.39, 0.29) is 11.3 Å². The zero-order valence-corrected chi connectivity index (χ0v) is 7.05. The summed E-state index contributed by atoms with van der Waals surface area (Å²) >= 11 is 0. The van der Waals surface area contributed by atoms with Crippen molar-refractivity contribution in [3.63, 3.8) is 0 Å². The second-order valence-corrected chi connectivity index (χ2v) is 2.66. The summed E-state index contributed by atoms with van der Waals surface area (Å²) in [4.78, 5) is 9.61. The lowest BCUT2D eigenvalue weighted by atomic mass is 10.1. The lowest BCUT2D eigenvalue weighted by Gasteiger charge is -2.07. The van der Waals surface area contributed by atoms with Crippen molar-refractivity contribution < 1.29 is 19.5 Å². The van der Waals surface area contributed by atoms with Crippen molar-refractivity contribution in [1.82, 2.24) is 0 Å². The van der Waals surface area contributed by atoms with Gasteiger partial charge < -0.3 is 10.2 Å². The van der Waals surface area contributed by atoms with Crippen molar-refractivity contribution >= 4 is 5.69 Å². The molecule has 0 radical (unpaired) electrons. The maximum atomic E-state index is 13.0. The molecule has 1 rings (SSSR count). The lowest BCUT2D eigenvalue weighted by molar-refractivity contribution is -0.385. The first kappa shape index (κ1) is 10.6. The van der Waals surface area contributed by atoms with Gasteiger partial charge in [0, 0.05) is 17.7 Å². The predicted octanol–water partition coefficient (Wildman–Crippen LogP) is 0.760. The number of aliphatic hydroxyl groups excluding tert-OH is 2. The van der Waals surface area contributed by atoms with Crippen LogP contribution in [0.15, 0.2) is 18.2 Å². The van der Waals surface area contributed by atoms with Gasteiger partial charge in [0.05, 0.1) is 11.5 Å². The van der Waals surface area contributed by atoms with E-state index in [1.807, 2.05) is 0 Å². The monoisotopic (exact) mass is 201 g/mol. The van der Waals surface area contributed by atoms with Crippen molar-refractivity contribution in [2.24, 2.45) is 0 Å². The van der Waals surface area contributed by atoms with Crippen LogP contribution in [-0.4, -0.2) is 21.7 Å². The molecular weight excluding hydrogens is 193 g/mol. The van der Waals surface area contributed by atoms with E-state index in [0.29, 0.717) is 0 Å². The minimum atomic E-state index is -1.44. The fourth-order valence-corrected chi connectivity index (χ4v) is 0.998. The number of nitrogens with zero attached hydrogens (tertiary/aromatic N) is 1. The van der Waals surface area contributed by atoms with Crippen molar-refractivity contribution in [3.05, 3.63) is 39.7 Å². The molecule has 0 aromatic heterocycles. The van der Waals surface area contributed by atoms with Gasteiger partial charge in [-0.05, 0) is 6.07 Å². The van der Waals surface area contributed by atoms with E-state index < -0.39 is 23.5 Å². The molecule has 0 fully saturated rings. The smallest absolute Gasteiger partial charge is 0.270 e. The third-order valence-corrected chi connectivity index (χ3v) is 1.72. The molecule has 14 heavy (non-hydrogen) atoms. The molecule has 0 aliphatic rings. The molecule has 0 heterocycles. The highest BCUT2D eigenvalue weighted by Gasteiger charge is 2.16. The number of halogens is 1. The molecule has 6 heteroatoms. The quantitative estimate of drug-likeness (QED) is 0.558. The van der Waals surface area contributed by atoms with Gasteiger partial charge >= 0.3 is 0 Å². The molecule has 1 aromatic carbocycles. The molecule has 1 unspecified atom stereocenters. The van der Waals surface area contributed by atoms with Crippen LogP contribution in [0.4, 0.5) is 10.1 Å². The van der Waals surface area contributed by atoms with Crippen molar-refractivity contribution in [1.29, 1.82) is 0 Å². The summed E-state index contributed by atoms with van der Waals surface area (Å²) in [5, 5.41) is 28.0. The number of hydrogen-bond donors (Lipinski definition) is 2. The second kappa shape index (κ2) is 4.12. The van der Waals surface area contributed by atoms with E-state index in [0.717, 1.165) is 18.2 Å². The number of nitro benzene ring substituents is 1. The summed E-state index contributed by atoms with van der Waals surface area (Å²) in [7, 11) is 0. The van der Waals surface area contributed by atoms with Crippen LogP contribution in [0.1, 0.15) is 11.7 Å². The summed E-state index contributed by atoms with van der Waals surface area (Å²) in [6.07, 6.45) is -1.44. The van der Waals surface area contributed by atoms with Gasteiger partial charge in [-0.25, -0.2) is 4.39 Å². The van der Waals surface area contributed by atoms with Crippen LogP contribution in [-0.2, 0) is 0 Å². The summed E-state index contributed by atoms with van der Waals surface area (Å²) in [5.41, 5.74) is -0.601. The molecule has 1 atom stereocenters. The first-order valence-electron chi connectivity index (χ1n) is 3.79. The Bertz CT molecular complexity index is 355. The maximum absolute atomic E-state index is 13.0. The van der Waals surface area contributed by atoms with E-state index in [1.54, 1.807) is 0 Å². The Hall–Kier alpha value is -1.53. The topological polar surface area (TPSA) is 83.6 Å². The van der Waals surface area contributed by atoms with Gasteiger partial charge in [-0.1, -0.05) is 0 Å². The molecule has 0 spiro atoms. The van der Waals surface area contributed by atoms with Crippen molar-refractivity contribution in [2.75, 3.05) is 6.61 Å². The normalized spacial score (nSPS) is 12.5. The van der Waals surface area contributed by atoms with Gasteiger partial charge in [-0.2, -0.15) is 0 Å². The van der Waals surface area contributed by atoms with Crippen molar-refractivity contribution in [3.8, 4) is 0 Å². The average molecular weight is 201 g/mol. The van der Waals surface area contributed by atoms with Crippen LogP contribution in [0, 0.1) is 15.9 Å². The van der Waals surface area contributed by atoms with E-state index in [1.165, 1.54) is 0 Å². The Morgan fingerprint density at radius 2 is 2.21 bits per heavy atom. The van der Waals surface area contributed by atoms with Gasteiger partial charge in [-0.15, -0.1) is 0 Å². The number of aliphatic hydroxyl groups is 2. The fourth-order valence-electron chi connectivity index (χ4n) is 0.998. The molecule has 76 valence electrons. The van der Waals surface area contributed by atoms with Crippen LogP contribution in [0.2, 0.25) is 0 Å². The van der Waals surface area contributed by atoms with Crippen LogP contribution in [0.5, 0.6) is 0 Å². The zero-order chi connectivity index (χ0) is 10.7. The minimum absolute atomic E-state index is 0.276. The van der Waals surface area contributed by atoms with Gasteiger partial charge in [0.25, 0.3) is 5.69 Å². The molecule has 0 amide bonds. The SMILES string of the molecule is O=[N+]([O-])c1ccc(F)c(C(O)CO)c1. The molecule has 0 saturated carbocycles. The van der Waals surface area contributed by atoms with E-state index in [9.17, 15) is 14.5 Å². The van der Waals surface area contributed by atoms with E-state index >= 15 is 0 Å². The first-order chi connectivity index (χ1) is 6.56. The third-order valence-electron chi connectivity index (χ3n) is 1.72. The molecule has 0 bridgehead atoms. The van der Waals surface area contributed by atoms with Gasteiger partial charge in [0.1, 0.15) is 11.9 Å². The summed E-state index contributed by atoms with van der Waals surface area (Å²) in [6.45, 7) is -0.682. The van der Waals surface area contributed by atoms with E-state index in [4.69, 9.17) is 10.2 Å². The fraction of sp³-hybridized carbons (Fsp3) is 0.250. The number of nitro groups is 1. The number of benzene rings is 1. The summed E-state index contributed by atoms with van der Waals surface area (Å²) in [5.74, 6) is -0.780. The number of hydrogen-bond acceptors (Lipinski definition) is 4. The Kier molecular flexibility index (Phi) is 3.10. The van der Waals surface area contributed by atoms with Crippen LogP contribution >= 0.6 is 0 Å². The maximum Gasteiger partial charge on any atom is 0.270 e. The Labute approximate surface area is 78.6 Å². The molecule has 5 nitrogen and oxygen atoms in total. The summed E-state index contributed by atoms with van der Waals surface area (Å²) < 4.78 is 13.0. The largest absolute Gasteiger partial charge is 0.393 e. The Morgan fingerprint density at radius 1 is 1.57 bits per heavy atom. The van der Waals surface area contributed by atoms with Gasteiger partial charge in [0.15, 0.2) is 0 Å². The Morgan fingerprint density at radius 3 is 2.71 bits per heavy atom. The first-order valence-corrected chi connectivity index (χ1v) is 3.79. The van der Waals surface area contributed by atoms with Gasteiger partial charge in [0.2, 0.25) is 0 Å². The molecule has 0 aliphatic carbocycles. The zero-order valence-electron chi connectivity index (χ0n) is 7.05. The van der Waals surface area contributed by atoms with Crippen LogP contribution in [0.25, 0.3) is 0 Å². The molecule has 0 saturated heterocycles. The molecule has 0 aliphatic heterocycles. The molecular formula is C8H8FNO4. The highest BCUT2D eigenvalue weighted by atomic mass is 19.1. The highest BCUT2D eigenvalue weighted by Crippen LogP contribution is 2.22. The minimum Gasteiger partial charge on any atom is -0.393 e. The van der Waals surface area contributed by atoms with Crippen molar-refractivity contribution in [2.45, 2.75) is 6.10 Å². The lowest BCUT2D eigenvalue weighted by Crippen LogP contribution is -2.05. The van der Waals surface area contributed by atoms with Crippen LogP contribution in [0.3, 0.4) is 0 Å².